The number of carbonyl (C=O) groups is 2. The minimum Gasteiger partial charge on any atom is -0.356 e. The fourth-order valence-electron chi connectivity index (χ4n) is 2.49. The standard InChI is InChI=1S/C17H33N5O2.HI/c1-6-9-18-17(19-12-15(23)21(4)5)20-14-7-10-22(11-8-14)16(24)13(2)3;/h13-14H,6-12H2,1-5H3,(H2,18,19,20);1H. The van der Waals surface area contributed by atoms with Crippen molar-refractivity contribution < 1.29 is 9.59 Å². The second-order valence-corrected chi connectivity index (χ2v) is 6.78. The Morgan fingerprint density at radius 2 is 1.84 bits per heavy atom. The normalized spacial score (nSPS) is 15.6. The van der Waals surface area contributed by atoms with E-state index >= 15 is 0 Å². The molecular formula is C17H34IN5O2. The number of nitrogens with zero attached hydrogens (tertiary/aromatic N) is 3. The number of likely N-dealkylation sites (N-methyl/N-ethyl adjacent to an activating group) is 1. The van der Waals surface area contributed by atoms with Gasteiger partial charge in [-0.1, -0.05) is 20.8 Å². The first-order valence-electron chi connectivity index (χ1n) is 8.88. The largest absolute Gasteiger partial charge is 0.356 e. The molecule has 8 heteroatoms. The lowest BCUT2D eigenvalue weighted by Crippen LogP contribution is -2.50. The van der Waals surface area contributed by atoms with Crippen LogP contribution in [0.2, 0.25) is 0 Å². The van der Waals surface area contributed by atoms with Crippen LogP contribution in [0.3, 0.4) is 0 Å². The van der Waals surface area contributed by atoms with Crippen molar-refractivity contribution >= 4 is 41.8 Å². The predicted molar refractivity (Wildman–Crippen MR) is 112 cm³/mol. The lowest BCUT2D eigenvalue weighted by atomic mass is 10.0. The summed E-state index contributed by atoms with van der Waals surface area (Å²) in [6.07, 6.45) is 2.78. The van der Waals surface area contributed by atoms with Crippen LogP contribution in [-0.4, -0.2) is 73.9 Å². The Bertz CT molecular complexity index is 446. The minimum absolute atomic E-state index is 0. The number of hydrogen-bond donors (Lipinski definition) is 2. The Morgan fingerprint density at radius 1 is 1.24 bits per heavy atom. The van der Waals surface area contributed by atoms with E-state index in [1.54, 1.807) is 14.1 Å². The number of likely N-dealkylation sites (tertiary alicyclic amines) is 1. The second-order valence-electron chi connectivity index (χ2n) is 6.78. The van der Waals surface area contributed by atoms with Crippen LogP contribution >= 0.6 is 24.0 Å². The number of guanidine groups is 1. The molecule has 0 bridgehead atoms. The third kappa shape index (κ3) is 8.73. The Labute approximate surface area is 169 Å². The molecule has 146 valence electrons. The zero-order valence-electron chi connectivity index (χ0n) is 16.2. The van der Waals surface area contributed by atoms with Crippen molar-refractivity contribution in [2.45, 2.75) is 46.1 Å². The number of amides is 2. The Kier molecular flexibility index (Phi) is 11.8. The Balaban J connectivity index is 0.00000576. The van der Waals surface area contributed by atoms with E-state index < -0.39 is 0 Å². The minimum atomic E-state index is -0.0232. The summed E-state index contributed by atoms with van der Waals surface area (Å²) in [5.41, 5.74) is 0. The molecule has 0 aromatic heterocycles. The van der Waals surface area contributed by atoms with Crippen molar-refractivity contribution in [3.63, 3.8) is 0 Å². The molecule has 1 aliphatic heterocycles. The summed E-state index contributed by atoms with van der Waals surface area (Å²) in [4.78, 5) is 31.6. The van der Waals surface area contributed by atoms with Gasteiger partial charge >= 0.3 is 0 Å². The molecule has 25 heavy (non-hydrogen) atoms. The van der Waals surface area contributed by atoms with Gasteiger partial charge < -0.3 is 20.4 Å². The van der Waals surface area contributed by atoms with Crippen LogP contribution in [0, 0.1) is 5.92 Å². The van der Waals surface area contributed by atoms with Gasteiger partial charge in [-0.15, -0.1) is 24.0 Å². The van der Waals surface area contributed by atoms with Crippen LogP contribution in [-0.2, 0) is 9.59 Å². The Morgan fingerprint density at radius 3 is 2.32 bits per heavy atom. The number of nitrogens with one attached hydrogen (secondary N) is 2. The van der Waals surface area contributed by atoms with Crippen LogP contribution in [0.15, 0.2) is 4.99 Å². The molecule has 1 heterocycles. The van der Waals surface area contributed by atoms with Crippen LogP contribution in [0.25, 0.3) is 0 Å². The van der Waals surface area contributed by atoms with E-state index in [-0.39, 0.29) is 54.3 Å². The van der Waals surface area contributed by atoms with E-state index in [0.717, 1.165) is 38.9 Å². The highest BCUT2D eigenvalue weighted by molar-refractivity contribution is 14.0. The predicted octanol–water partition coefficient (Wildman–Crippen LogP) is 1.28. The maximum atomic E-state index is 12.0. The van der Waals surface area contributed by atoms with Gasteiger partial charge in [-0.2, -0.15) is 0 Å². The number of piperidine rings is 1. The zero-order chi connectivity index (χ0) is 18.1. The van der Waals surface area contributed by atoms with Gasteiger partial charge in [0, 0.05) is 45.7 Å². The molecule has 0 radical (unpaired) electrons. The quantitative estimate of drug-likeness (QED) is 0.351. The summed E-state index contributed by atoms with van der Waals surface area (Å²) in [5.74, 6) is 0.934. The fourth-order valence-corrected chi connectivity index (χ4v) is 2.49. The lowest BCUT2D eigenvalue weighted by Gasteiger charge is -2.34. The third-order valence-electron chi connectivity index (χ3n) is 4.06. The molecule has 0 aromatic rings. The molecule has 1 saturated heterocycles. The van der Waals surface area contributed by atoms with Crippen molar-refractivity contribution in [2.24, 2.45) is 10.9 Å². The molecule has 1 rings (SSSR count). The first-order chi connectivity index (χ1) is 11.3. The number of rotatable bonds is 6. The van der Waals surface area contributed by atoms with E-state index in [1.807, 2.05) is 18.7 Å². The molecule has 0 aromatic carbocycles. The second kappa shape index (κ2) is 12.3. The average Bonchev–Trinajstić information content (AvgIpc) is 2.56. The summed E-state index contributed by atoms with van der Waals surface area (Å²) in [7, 11) is 3.46. The number of hydrogen-bond acceptors (Lipinski definition) is 3. The van der Waals surface area contributed by atoms with Gasteiger partial charge in [0.05, 0.1) is 0 Å². The van der Waals surface area contributed by atoms with Gasteiger partial charge in [-0.25, -0.2) is 4.99 Å². The van der Waals surface area contributed by atoms with E-state index in [1.165, 1.54) is 4.90 Å². The van der Waals surface area contributed by atoms with E-state index in [0.29, 0.717) is 5.96 Å². The molecule has 0 spiro atoms. The Hall–Kier alpha value is -1.06. The summed E-state index contributed by atoms with van der Waals surface area (Å²) >= 11 is 0. The monoisotopic (exact) mass is 467 g/mol. The van der Waals surface area contributed by atoms with Crippen LogP contribution in [0.5, 0.6) is 0 Å². The highest BCUT2D eigenvalue weighted by atomic mass is 127. The average molecular weight is 467 g/mol. The highest BCUT2D eigenvalue weighted by Gasteiger charge is 2.24. The van der Waals surface area contributed by atoms with E-state index in [9.17, 15) is 9.59 Å². The van der Waals surface area contributed by atoms with Crippen molar-refractivity contribution in [3.8, 4) is 0 Å². The number of aliphatic imine (C=N–C) groups is 1. The molecule has 0 aliphatic carbocycles. The molecule has 7 nitrogen and oxygen atoms in total. The molecule has 0 unspecified atom stereocenters. The first kappa shape index (κ1) is 23.9. The van der Waals surface area contributed by atoms with Crippen LogP contribution in [0.4, 0.5) is 0 Å². The SMILES string of the molecule is CCCNC(=NCC(=O)N(C)C)NC1CCN(C(=O)C(C)C)CC1.I. The van der Waals surface area contributed by atoms with E-state index in [4.69, 9.17) is 0 Å². The highest BCUT2D eigenvalue weighted by Crippen LogP contribution is 2.13. The van der Waals surface area contributed by atoms with Gasteiger partial charge in [0.25, 0.3) is 0 Å². The van der Waals surface area contributed by atoms with Crippen molar-refractivity contribution in [1.82, 2.24) is 20.4 Å². The summed E-state index contributed by atoms with van der Waals surface area (Å²) in [6.45, 7) is 8.45. The molecule has 0 atom stereocenters. The molecular weight excluding hydrogens is 433 g/mol. The van der Waals surface area contributed by atoms with Gasteiger partial charge in [0.2, 0.25) is 11.8 Å². The number of carbonyl (C=O) groups excluding carboxylic acids is 2. The van der Waals surface area contributed by atoms with Crippen LogP contribution in [0.1, 0.15) is 40.0 Å². The summed E-state index contributed by atoms with van der Waals surface area (Å²) < 4.78 is 0. The molecule has 1 fully saturated rings. The summed E-state index contributed by atoms with van der Waals surface area (Å²) in [6, 6.07) is 0.277. The smallest absolute Gasteiger partial charge is 0.243 e. The molecule has 2 N–H and O–H groups in total. The van der Waals surface area contributed by atoms with Crippen molar-refractivity contribution in [2.75, 3.05) is 40.3 Å². The van der Waals surface area contributed by atoms with Gasteiger partial charge in [0.1, 0.15) is 6.54 Å². The van der Waals surface area contributed by atoms with Gasteiger partial charge in [0.15, 0.2) is 5.96 Å². The fraction of sp³-hybridized carbons (Fsp3) is 0.824. The van der Waals surface area contributed by atoms with Crippen molar-refractivity contribution in [3.05, 3.63) is 0 Å². The van der Waals surface area contributed by atoms with Crippen LogP contribution < -0.4 is 10.6 Å². The van der Waals surface area contributed by atoms with Gasteiger partial charge in [-0.3, -0.25) is 9.59 Å². The lowest BCUT2D eigenvalue weighted by molar-refractivity contribution is -0.135. The maximum Gasteiger partial charge on any atom is 0.243 e. The summed E-state index contributed by atoms with van der Waals surface area (Å²) in [5, 5.41) is 6.65. The van der Waals surface area contributed by atoms with Crippen molar-refractivity contribution in [1.29, 1.82) is 0 Å². The zero-order valence-corrected chi connectivity index (χ0v) is 18.5. The maximum absolute atomic E-state index is 12.0. The topological polar surface area (TPSA) is 77.0 Å². The molecule has 0 saturated carbocycles. The molecule has 1 aliphatic rings. The van der Waals surface area contributed by atoms with Gasteiger partial charge in [-0.05, 0) is 19.3 Å². The first-order valence-corrected chi connectivity index (χ1v) is 8.88. The number of halogens is 1. The molecule has 2 amide bonds. The van der Waals surface area contributed by atoms with E-state index in [2.05, 4.69) is 22.5 Å². The third-order valence-corrected chi connectivity index (χ3v) is 4.06.